The lowest BCUT2D eigenvalue weighted by atomic mass is 9.83. The second-order valence-electron chi connectivity index (χ2n) is 14.9. The van der Waals surface area contributed by atoms with Crippen LogP contribution in [-0.4, -0.2) is 71.0 Å². The Balaban J connectivity index is 1.05. The topological polar surface area (TPSA) is 101 Å². The average Bonchev–Trinajstić information content (AvgIpc) is 3.54. The van der Waals surface area contributed by atoms with Crippen LogP contribution >= 0.6 is 0 Å². The van der Waals surface area contributed by atoms with Gasteiger partial charge in [-0.2, -0.15) is 0 Å². The van der Waals surface area contributed by atoms with Gasteiger partial charge < -0.3 is 14.4 Å². The first-order valence-electron chi connectivity index (χ1n) is 16.8. The molecule has 1 aromatic heterocycles. The van der Waals surface area contributed by atoms with Crippen LogP contribution in [0.4, 0.5) is 4.39 Å². The molecule has 10 heteroatoms. The summed E-state index contributed by atoms with van der Waals surface area (Å²) in [5, 5.41) is 3.17. The van der Waals surface area contributed by atoms with Crippen LogP contribution in [0.25, 0.3) is 10.9 Å². The zero-order valence-corrected chi connectivity index (χ0v) is 27.4. The van der Waals surface area contributed by atoms with Gasteiger partial charge in [-0.3, -0.25) is 24.6 Å². The number of hydrogen-bond acceptors (Lipinski definition) is 7. The highest BCUT2D eigenvalue weighted by Gasteiger charge is 2.40. The van der Waals surface area contributed by atoms with Crippen molar-refractivity contribution in [2.24, 2.45) is 11.3 Å². The van der Waals surface area contributed by atoms with Crippen molar-refractivity contribution < 1.29 is 28.2 Å². The van der Waals surface area contributed by atoms with E-state index in [4.69, 9.17) is 14.5 Å². The lowest BCUT2D eigenvalue weighted by Crippen LogP contribution is -2.52. The van der Waals surface area contributed by atoms with Crippen LogP contribution in [0.2, 0.25) is 0 Å². The molecule has 3 amide bonds. The minimum Gasteiger partial charge on any atom is -0.489 e. The van der Waals surface area contributed by atoms with E-state index in [1.807, 2.05) is 24.3 Å². The summed E-state index contributed by atoms with van der Waals surface area (Å²) in [5.74, 6) is 0.0552. The van der Waals surface area contributed by atoms with E-state index < -0.39 is 11.9 Å². The first-order valence-corrected chi connectivity index (χ1v) is 16.8. The number of carbonyl (C=O) groups excluding carboxylic acids is 3. The summed E-state index contributed by atoms with van der Waals surface area (Å²) in [7, 11) is 0. The number of likely N-dealkylation sites (tertiary alicyclic amines) is 1. The number of nitrogens with zero attached hydrogens (tertiary/aromatic N) is 3. The van der Waals surface area contributed by atoms with Gasteiger partial charge in [0.25, 0.3) is 5.91 Å². The van der Waals surface area contributed by atoms with E-state index in [1.54, 1.807) is 17.0 Å². The predicted molar refractivity (Wildman–Crippen MR) is 174 cm³/mol. The van der Waals surface area contributed by atoms with Crippen LogP contribution in [0.3, 0.4) is 0 Å². The Morgan fingerprint density at radius 1 is 1.02 bits per heavy atom. The van der Waals surface area contributed by atoms with Gasteiger partial charge in [0.2, 0.25) is 11.8 Å². The molecule has 4 aliphatic rings. The van der Waals surface area contributed by atoms with E-state index in [0.29, 0.717) is 48.8 Å². The van der Waals surface area contributed by atoms with Crippen molar-refractivity contribution in [3.05, 3.63) is 70.7 Å². The number of imide groups is 1. The molecule has 7 rings (SSSR count). The largest absolute Gasteiger partial charge is 0.489 e. The van der Waals surface area contributed by atoms with Crippen molar-refractivity contribution in [1.82, 2.24) is 20.1 Å². The van der Waals surface area contributed by atoms with Crippen molar-refractivity contribution in [3.8, 4) is 5.75 Å². The normalized spacial score (nSPS) is 24.2. The summed E-state index contributed by atoms with van der Waals surface area (Å²) >= 11 is 0. The van der Waals surface area contributed by atoms with Crippen molar-refractivity contribution in [1.29, 1.82) is 0 Å². The Hall–Kier alpha value is -3.89. The number of ether oxygens (including phenoxy) is 2. The fraction of sp³-hybridized carbons (Fsp3) is 0.514. The number of rotatable bonds is 7. The summed E-state index contributed by atoms with van der Waals surface area (Å²) in [6, 6.07) is 12.6. The van der Waals surface area contributed by atoms with Crippen molar-refractivity contribution in [2.45, 2.75) is 84.0 Å². The lowest BCUT2D eigenvalue weighted by Gasteiger charge is -2.29. The number of aromatic nitrogens is 1. The molecular formula is C37H43FN4O5. The van der Waals surface area contributed by atoms with Crippen LogP contribution in [-0.2, 0) is 27.4 Å². The molecule has 0 saturated carbocycles. The lowest BCUT2D eigenvalue weighted by molar-refractivity contribution is -0.136. The number of benzene rings is 2. The molecule has 3 saturated heterocycles. The van der Waals surface area contributed by atoms with E-state index in [0.717, 1.165) is 61.2 Å². The quantitative estimate of drug-likeness (QED) is 0.347. The highest BCUT2D eigenvalue weighted by molar-refractivity contribution is 6.05. The SMILES string of the molecule is CC(C)(C)C[C@@H]1CN(Cc2cc(F)c3nc(C4CCOCC4)ccc3c2)C[C@H]1Oc1ccc2c(c1)CN([C@H]1CCC(=O)NC1=O)C2=O. The van der Waals surface area contributed by atoms with Gasteiger partial charge in [-0.1, -0.05) is 26.8 Å². The number of carbonyl (C=O) groups is 3. The first-order chi connectivity index (χ1) is 22.5. The van der Waals surface area contributed by atoms with E-state index in [1.165, 1.54) is 0 Å². The second-order valence-corrected chi connectivity index (χ2v) is 14.9. The average molecular weight is 643 g/mol. The maximum Gasteiger partial charge on any atom is 0.255 e. The standard InChI is InChI=1S/C37H43FN4O5/c1-37(2,3)17-26-19-41(18-22-14-24-4-7-30(23-10-12-46-13-11-23)39-34(24)29(38)15-22)21-32(26)47-27-5-6-28-25(16-27)20-42(36(28)45)31-8-9-33(43)40-35(31)44/h4-7,14-16,23,26,31-32H,8-13,17-21H2,1-3H3,(H,40,43,44)/t26-,31+,32-/m1/s1. The number of piperidine rings is 1. The third kappa shape index (κ3) is 6.76. The number of amides is 3. The summed E-state index contributed by atoms with van der Waals surface area (Å²) in [6.45, 7) is 10.6. The van der Waals surface area contributed by atoms with Gasteiger partial charge in [0.05, 0.1) is 0 Å². The number of pyridine rings is 1. The summed E-state index contributed by atoms with van der Waals surface area (Å²) in [4.78, 5) is 45.9. The molecule has 0 spiro atoms. The first kappa shape index (κ1) is 31.7. The van der Waals surface area contributed by atoms with Gasteiger partial charge in [0.15, 0.2) is 0 Å². The number of hydrogen-bond donors (Lipinski definition) is 1. The number of halogens is 1. The van der Waals surface area contributed by atoms with E-state index >= 15 is 4.39 Å². The fourth-order valence-electron chi connectivity index (χ4n) is 7.81. The van der Waals surface area contributed by atoms with Gasteiger partial charge in [0, 0.05) is 74.3 Å². The molecule has 0 unspecified atom stereocenters. The summed E-state index contributed by atoms with van der Waals surface area (Å²) in [6.07, 6.45) is 3.26. The van der Waals surface area contributed by atoms with Crippen molar-refractivity contribution >= 4 is 28.6 Å². The third-order valence-corrected chi connectivity index (χ3v) is 9.99. The molecule has 0 radical (unpaired) electrons. The molecule has 3 atom stereocenters. The maximum atomic E-state index is 15.5. The molecule has 4 aliphatic heterocycles. The molecule has 47 heavy (non-hydrogen) atoms. The molecule has 3 fully saturated rings. The molecule has 0 bridgehead atoms. The monoisotopic (exact) mass is 642 g/mol. The summed E-state index contributed by atoms with van der Waals surface area (Å²) in [5.41, 5.74) is 3.76. The molecular weight excluding hydrogens is 599 g/mol. The second kappa shape index (κ2) is 12.6. The van der Waals surface area contributed by atoms with Gasteiger partial charge in [-0.25, -0.2) is 9.37 Å². The number of nitrogens with one attached hydrogen (secondary N) is 1. The van der Waals surface area contributed by atoms with Crippen LogP contribution in [0.15, 0.2) is 42.5 Å². The highest BCUT2D eigenvalue weighted by atomic mass is 19.1. The Bertz CT molecular complexity index is 1710. The fourth-order valence-corrected chi connectivity index (χ4v) is 7.81. The Morgan fingerprint density at radius 2 is 1.83 bits per heavy atom. The number of fused-ring (bicyclic) bond motifs is 2. The molecule has 248 valence electrons. The molecule has 3 aromatic rings. The van der Waals surface area contributed by atoms with Crippen LogP contribution in [0.5, 0.6) is 5.75 Å². The Labute approximate surface area is 274 Å². The molecule has 5 heterocycles. The van der Waals surface area contributed by atoms with Crippen molar-refractivity contribution in [3.63, 3.8) is 0 Å². The van der Waals surface area contributed by atoms with Gasteiger partial charge >= 0.3 is 0 Å². The van der Waals surface area contributed by atoms with E-state index in [9.17, 15) is 14.4 Å². The smallest absolute Gasteiger partial charge is 0.255 e. The Kier molecular flexibility index (Phi) is 8.51. The minimum absolute atomic E-state index is 0.0791. The van der Waals surface area contributed by atoms with Gasteiger partial charge in [0.1, 0.15) is 29.2 Å². The third-order valence-electron chi connectivity index (χ3n) is 9.99. The highest BCUT2D eigenvalue weighted by Crippen LogP contribution is 2.36. The molecule has 1 N–H and O–H groups in total. The van der Waals surface area contributed by atoms with Gasteiger partial charge in [-0.15, -0.1) is 0 Å². The van der Waals surface area contributed by atoms with Crippen LogP contribution in [0.1, 0.15) is 86.0 Å². The molecule has 2 aromatic carbocycles. The van der Waals surface area contributed by atoms with Crippen LogP contribution < -0.4 is 10.1 Å². The van der Waals surface area contributed by atoms with E-state index in [-0.39, 0.29) is 41.5 Å². The molecule has 9 nitrogen and oxygen atoms in total. The van der Waals surface area contributed by atoms with Crippen molar-refractivity contribution in [2.75, 3.05) is 26.3 Å². The minimum atomic E-state index is -0.652. The maximum absolute atomic E-state index is 15.5. The predicted octanol–water partition coefficient (Wildman–Crippen LogP) is 5.34. The molecule has 0 aliphatic carbocycles. The zero-order chi connectivity index (χ0) is 32.9. The Morgan fingerprint density at radius 3 is 2.60 bits per heavy atom. The van der Waals surface area contributed by atoms with E-state index in [2.05, 4.69) is 37.1 Å². The summed E-state index contributed by atoms with van der Waals surface area (Å²) < 4.78 is 27.6. The van der Waals surface area contributed by atoms with Crippen LogP contribution in [0, 0.1) is 17.2 Å². The van der Waals surface area contributed by atoms with Gasteiger partial charge in [-0.05, 0) is 78.6 Å². The zero-order valence-electron chi connectivity index (χ0n) is 27.4.